The number of hydroxylamine groups is 2. The molecular weight excluding hydrogens is 394 g/mol. The Bertz CT molecular complexity index is 632. The summed E-state index contributed by atoms with van der Waals surface area (Å²) in [5.74, 6) is -1.05. The predicted molar refractivity (Wildman–Crippen MR) is 103 cm³/mol. The number of carbonyl (C=O) groups excluding carboxylic acids is 4. The molecule has 10 heteroatoms. The molecule has 168 valence electrons. The van der Waals surface area contributed by atoms with Gasteiger partial charge in [0.05, 0.1) is 25.7 Å². The van der Waals surface area contributed by atoms with Crippen molar-refractivity contribution < 1.29 is 33.9 Å². The van der Waals surface area contributed by atoms with Crippen molar-refractivity contribution in [2.24, 2.45) is 11.8 Å². The van der Waals surface area contributed by atoms with Gasteiger partial charge in [-0.25, -0.2) is 9.86 Å². The van der Waals surface area contributed by atoms with Crippen molar-refractivity contribution in [3.63, 3.8) is 0 Å². The van der Waals surface area contributed by atoms with Crippen molar-refractivity contribution in [3.8, 4) is 0 Å². The van der Waals surface area contributed by atoms with E-state index in [0.717, 1.165) is 25.7 Å². The minimum Gasteiger partial charge on any atom is -0.443 e. The summed E-state index contributed by atoms with van der Waals surface area (Å²) in [4.78, 5) is 50.2. The SMILES string of the molecule is O=CN(O)C[C@@H](CC1CCCC1)C(=O)N1CCC[C@H]1C(=O)NC(=O)O[C@H]1CCOC1. The second-order valence-corrected chi connectivity index (χ2v) is 8.38. The van der Waals surface area contributed by atoms with Gasteiger partial charge in [-0.3, -0.25) is 24.9 Å². The zero-order valence-corrected chi connectivity index (χ0v) is 17.2. The molecular formula is C20H31N3O7. The Kier molecular flexibility index (Phi) is 8.03. The molecule has 0 radical (unpaired) electrons. The highest BCUT2D eigenvalue weighted by Gasteiger charge is 2.39. The number of carbonyl (C=O) groups is 4. The van der Waals surface area contributed by atoms with E-state index in [9.17, 15) is 24.4 Å². The first-order valence-electron chi connectivity index (χ1n) is 10.8. The van der Waals surface area contributed by atoms with E-state index in [0.29, 0.717) is 56.4 Å². The summed E-state index contributed by atoms with van der Waals surface area (Å²) in [5, 5.41) is 12.4. The number of amides is 4. The van der Waals surface area contributed by atoms with Gasteiger partial charge in [0.25, 0.3) is 5.91 Å². The molecule has 3 rings (SSSR count). The Balaban J connectivity index is 1.60. The highest BCUT2D eigenvalue weighted by Crippen LogP contribution is 2.32. The van der Waals surface area contributed by atoms with Crippen LogP contribution < -0.4 is 5.32 Å². The molecule has 1 saturated carbocycles. The molecule has 3 fully saturated rings. The van der Waals surface area contributed by atoms with Crippen LogP contribution in [0, 0.1) is 11.8 Å². The highest BCUT2D eigenvalue weighted by molar-refractivity contribution is 5.97. The molecule has 10 nitrogen and oxygen atoms in total. The molecule has 2 saturated heterocycles. The van der Waals surface area contributed by atoms with E-state index in [4.69, 9.17) is 9.47 Å². The Morgan fingerprint density at radius 1 is 1.20 bits per heavy atom. The number of hydrogen-bond acceptors (Lipinski definition) is 7. The molecule has 0 aromatic heterocycles. The molecule has 30 heavy (non-hydrogen) atoms. The summed E-state index contributed by atoms with van der Waals surface area (Å²) < 4.78 is 10.3. The fourth-order valence-electron chi connectivity index (χ4n) is 4.68. The van der Waals surface area contributed by atoms with Gasteiger partial charge in [0.15, 0.2) is 0 Å². The fourth-order valence-corrected chi connectivity index (χ4v) is 4.68. The normalized spacial score (nSPS) is 25.2. The molecule has 0 bridgehead atoms. The van der Waals surface area contributed by atoms with Crippen molar-refractivity contribution in [1.29, 1.82) is 0 Å². The first kappa shape index (κ1) is 22.5. The first-order chi connectivity index (χ1) is 14.5. The average molecular weight is 425 g/mol. The Morgan fingerprint density at radius 3 is 2.63 bits per heavy atom. The molecule has 3 aliphatic rings. The van der Waals surface area contributed by atoms with Crippen molar-refractivity contribution in [2.75, 3.05) is 26.3 Å². The molecule has 0 aromatic carbocycles. The molecule has 2 aliphatic heterocycles. The quantitative estimate of drug-likeness (QED) is 0.338. The van der Waals surface area contributed by atoms with Gasteiger partial charge in [-0.1, -0.05) is 25.7 Å². The van der Waals surface area contributed by atoms with E-state index in [2.05, 4.69) is 5.32 Å². The van der Waals surface area contributed by atoms with Gasteiger partial charge in [0, 0.05) is 13.0 Å². The summed E-state index contributed by atoms with van der Waals surface area (Å²) >= 11 is 0. The summed E-state index contributed by atoms with van der Waals surface area (Å²) in [7, 11) is 0. The summed E-state index contributed by atoms with van der Waals surface area (Å²) in [6.07, 6.45) is 5.61. The molecule has 2 heterocycles. The number of ether oxygens (including phenoxy) is 2. The standard InChI is InChI=1S/C20H31N3O7/c24-13-22(28)11-15(10-14-4-1-2-5-14)19(26)23-8-3-6-17(23)18(25)21-20(27)30-16-7-9-29-12-16/h13-17,28H,1-12H2,(H,21,25,27)/t15-,16+,17+/m1/s1. The number of likely N-dealkylation sites (tertiary alicyclic amines) is 1. The lowest BCUT2D eigenvalue weighted by molar-refractivity contribution is -0.158. The van der Waals surface area contributed by atoms with Gasteiger partial charge >= 0.3 is 6.09 Å². The van der Waals surface area contributed by atoms with Gasteiger partial charge in [-0.15, -0.1) is 0 Å². The lowest BCUT2D eigenvalue weighted by Gasteiger charge is -2.30. The van der Waals surface area contributed by atoms with Crippen molar-refractivity contribution in [1.82, 2.24) is 15.3 Å². The molecule has 4 amide bonds. The minimum atomic E-state index is -0.834. The Morgan fingerprint density at radius 2 is 1.97 bits per heavy atom. The number of alkyl carbamates (subject to hydrolysis) is 1. The number of hydrogen-bond donors (Lipinski definition) is 2. The van der Waals surface area contributed by atoms with Crippen LogP contribution in [0.4, 0.5) is 4.79 Å². The lowest BCUT2D eigenvalue weighted by Crippen LogP contribution is -2.51. The van der Waals surface area contributed by atoms with Crippen LogP contribution in [0.5, 0.6) is 0 Å². The number of imide groups is 1. The van der Waals surface area contributed by atoms with Crippen molar-refractivity contribution in [2.45, 2.75) is 63.5 Å². The Labute approximate surface area is 175 Å². The third-order valence-corrected chi connectivity index (χ3v) is 6.20. The summed E-state index contributed by atoms with van der Waals surface area (Å²) in [5.41, 5.74) is 0. The van der Waals surface area contributed by atoms with Crippen LogP contribution in [0.3, 0.4) is 0 Å². The second-order valence-electron chi connectivity index (χ2n) is 8.38. The van der Waals surface area contributed by atoms with E-state index < -0.39 is 24.0 Å². The van der Waals surface area contributed by atoms with E-state index in [-0.39, 0.29) is 25.0 Å². The smallest absolute Gasteiger partial charge is 0.414 e. The van der Waals surface area contributed by atoms with Crippen LogP contribution in [-0.4, -0.2) is 77.9 Å². The average Bonchev–Trinajstić information content (AvgIpc) is 3.48. The van der Waals surface area contributed by atoms with Gasteiger partial charge in [-0.2, -0.15) is 0 Å². The maximum atomic E-state index is 13.2. The fraction of sp³-hybridized carbons (Fsp3) is 0.800. The third-order valence-electron chi connectivity index (χ3n) is 6.20. The first-order valence-corrected chi connectivity index (χ1v) is 10.8. The van der Waals surface area contributed by atoms with Crippen LogP contribution in [0.2, 0.25) is 0 Å². The van der Waals surface area contributed by atoms with Crippen LogP contribution in [0.15, 0.2) is 0 Å². The summed E-state index contributed by atoms with van der Waals surface area (Å²) in [6, 6.07) is -0.765. The van der Waals surface area contributed by atoms with E-state index in [1.54, 1.807) is 0 Å². The minimum absolute atomic E-state index is 0.104. The molecule has 0 unspecified atom stereocenters. The number of rotatable bonds is 8. The molecule has 2 N–H and O–H groups in total. The van der Waals surface area contributed by atoms with Crippen LogP contribution >= 0.6 is 0 Å². The zero-order valence-electron chi connectivity index (χ0n) is 17.2. The summed E-state index contributed by atoms with van der Waals surface area (Å²) in [6.45, 7) is 1.12. The number of nitrogens with zero attached hydrogens (tertiary/aromatic N) is 2. The predicted octanol–water partition coefficient (Wildman–Crippen LogP) is 1.06. The number of nitrogens with one attached hydrogen (secondary N) is 1. The maximum Gasteiger partial charge on any atom is 0.414 e. The van der Waals surface area contributed by atoms with Gasteiger partial charge in [0.1, 0.15) is 12.1 Å². The van der Waals surface area contributed by atoms with Crippen LogP contribution in [-0.2, 0) is 23.9 Å². The van der Waals surface area contributed by atoms with Crippen LogP contribution in [0.25, 0.3) is 0 Å². The molecule has 3 atom stereocenters. The molecule has 0 aromatic rings. The van der Waals surface area contributed by atoms with Gasteiger partial charge in [-0.05, 0) is 25.2 Å². The monoisotopic (exact) mass is 425 g/mol. The lowest BCUT2D eigenvalue weighted by atomic mass is 9.91. The largest absolute Gasteiger partial charge is 0.443 e. The van der Waals surface area contributed by atoms with Gasteiger partial charge in [0.2, 0.25) is 12.3 Å². The second kappa shape index (κ2) is 10.7. The van der Waals surface area contributed by atoms with E-state index in [1.165, 1.54) is 4.90 Å². The van der Waals surface area contributed by atoms with E-state index >= 15 is 0 Å². The van der Waals surface area contributed by atoms with E-state index in [1.807, 2.05) is 0 Å². The molecule has 1 aliphatic carbocycles. The van der Waals surface area contributed by atoms with Gasteiger partial charge < -0.3 is 14.4 Å². The Hall–Kier alpha value is -2.20. The van der Waals surface area contributed by atoms with Crippen LogP contribution in [0.1, 0.15) is 51.4 Å². The molecule has 0 spiro atoms. The third kappa shape index (κ3) is 5.91. The zero-order chi connectivity index (χ0) is 21.5. The highest BCUT2D eigenvalue weighted by atomic mass is 16.6. The van der Waals surface area contributed by atoms with Crippen molar-refractivity contribution >= 4 is 24.3 Å². The topological polar surface area (TPSA) is 125 Å². The van der Waals surface area contributed by atoms with Crippen molar-refractivity contribution in [3.05, 3.63) is 0 Å². The maximum absolute atomic E-state index is 13.2.